The zero-order valence-electron chi connectivity index (χ0n) is 19.1. The van der Waals surface area contributed by atoms with E-state index in [9.17, 15) is 9.59 Å². The molecule has 0 aliphatic carbocycles. The molecule has 2 aliphatic heterocycles. The number of likely N-dealkylation sites (tertiary alicyclic amines) is 1. The van der Waals surface area contributed by atoms with E-state index in [-0.39, 0.29) is 12.1 Å². The minimum atomic E-state index is -0.927. The summed E-state index contributed by atoms with van der Waals surface area (Å²) in [6.07, 6.45) is 2.42. The third-order valence-corrected chi connectivity index (χ3v) is 6.03. The van der Waals surface area contributed by atoms with Crippen LogP contribution in [0, 0.1) is 0 Å². The van der Waals surface area contributed by atoms with Crippen molar-refractivity contribution < 1.29 is 14.6 Å². The van der Waals surface area contributed by atoms with Crippen molar-refractivity contribution in [1.82, 2.24) is 20.4 Å². The standard InChI is InChI=1S/C24H27N7O4/c32-20(33)14-25-17-5-3-4-15(12-17)16-6-7-18(19(13-16)35-11-10-31-8-1-2-9-31)22-26-23-21(24(34)27-22)28-30-29-23/h3-7,12-13,25,28,30H,1-2,8-11,14H2,(H,32,33)(H2,26,27,29,34). The number of rotatable bonds is 9. The van der Waals surface area contributed by atoms with Crippen LogP contribution in [0.15, 0.2) is 47.3 Å². The topological polar surface area (TPSA) is 144 Å². The van der Waals surface area contributed by atoms with Crippen LogP contribution in [0.5, 0.6) is 5.75 Å². The number of ether oxygens (including phenoxy) is 1. The molecule has 3 aromatic rings. The Bertz CT molecular complexity index is 1290. The Balaban J connectivity index is 1.46. The molecule has 0 radical (unpaired) electrons. The summed E-state index contributed by atoms with van der Waals surface area (Å²) in [6.45, 7) is 3.33. The van der Waals surface area contributed by atoms with Crippen LogP contribution in [0.25, 0.3) is 22.5 Å². The van der Waals surface area contributed by atoms with E-state index >= 15 is 0 Å². The molecule has 0 atom stereocenters. The van der Waals surface area contributed by atoms with Crippen molar-refractivity contribution in [2.75, 3.05) is 49.0 Å². The second-order valence-corrected chi connectivity index (χ2v) is 8.45. The Morgan fingerprint density at radius 3 is 2.77 bits per heavy atom. The molecule has 3 heterocycles. The van der Waals surface area contributed by atoms with Gasteiger partial charge < -0.3 is 20.1 Å². The molecule has 6 N–H and O–H groups in total. The molecule has 2 aromatic carbocycles. The van der Waals surface area contributed by atoms with Crippen molar-refractivity contribution >= 4 is 23.2 Å². The molecule has 5 rings (SSSR count). The molecule has 0 saturated carbocycles. The van der Waals surface area contributed by atoms with Crippen molar-refractivity contribution in [3.05, 3.63) is 52.8 Å². The average molecular weight is 478 g/mol. The molecule has 1 saturated heterocycles. The van der Waals surface area contributed by atoms with Crippen LogP contribution in [0.2, 0.25) is 0 Å². The highest BCUT2D eigenvalue weighted by atomic mass is 16.5. The molecule has 35 heavy (non-hydrogen) atoms. The van der Waals surface area contributed by atoms with E-state index in [1.807, 2.05) is 42.5 Å². The van der Waals surface area contributed by atoms with E-state index in [4.69, 9.17) is 9.84 Å². The number of aromatic amines is 1. The molecule has 0 amide bonds. The molecule has 11 nitrogen and oxygen atoms in total. The van der Waals surface area contributed by atoms with Gasteiger partial charge in [0, 0.05) is 12.2 Å². The molecule has 1 aromatic heterocycles. The molecule has 0 spiro atoms. The number of anilines is 3. The maximum absolute atomic E-state index is 12.5. The number of nitrogens with zero attached hydrogens (tertiary/aromatic N) is 2. The van der Waals surface area contributed by atoms with Gasteiger partial charge in [-0.3, -0.25) is 25.3 Å². The second-order valence-electron chi connectivity index (χ2n) is 8.45. The first-order chi connectivity index (χ1) is 17.1. The van der Waals surface area contributed by atoms with E-state index in [0.717, 1.165) is 30.8 Å². The fourth-order valence-corrected chi connectivity index (χ4v) is 4.25. The van der Waals surface area contributed by atoms with Crippen LogP contribution in [-0.2, 0) is 4.79 Å². The van der Waals surface area contributed by atoms with E-state index in [1.54, 1.807) is 0 Å². The van der Waals surface area contributed by atoms with Crippen molar-refractivity contribution in [3.8, 4) is 28.3 Å². The van der Waals surface area contributed by atoms with Gasteiger partial charge in [-0.2, -0.15) is 0 Å². The van der Waals surface area contributed by atoms with Crippen molar-refractivity contribution in [1.29, 1.82) is 0 Å². The number of nitrogens with one attached hydrogen (secondary N) is 5. The highest BCUT2D eigenvalue weighted by Crippen LogP contribution is 2.34. The largest absolute Gasteiger partial charge is 0.491 e. The summed E-state index contributed by atoms with van der Waals surface area (Å²) in [7, 11) is 0. The van der Waals surface area contributed by atoms with Gasteiger partial charge in [0.1, 0.15) is 24.7 Å². The monoisotopic (exact) mass is 477 g/mol. The maximum atomic E-state index is 12.5. The highest BCUT2D eigenvalue weighted by molar-refractivity contribution is 5.78. The van der Waals surface area contributed by atoms with Gasteiger partial charge in [-0.05, 0) is 61.3 Å². The van der Waals surface area contributed by atoms with Gasteiger partial charge in [-0.25, -0.2) is 4.98 Å². The van der Waals surface area contributed by atoms with Crippen LogP contribution in [0.3, 0.4) is 0 Å². The lowest BCUT2D eigenvalue weighted by atomic mass is 10.0. The molecule has 0 unspecified atom stereocenters. The number of carbonyl (C=O) groups is 1. The fraction of sp³-hybridized carbons (Fsp3) is 0.292. The first kappa shape index (κ1) is 22.7. The Morgan fingerprint density at radius 1 is 1.11 bits per heavy atom. The fourth-order valence-electron chi connectivity index (χ4n) is 4.25. The molecule has 2 aliphatic rings. The number of carboxylic acids is 1. The quantitative estimate of drug-likeness (QED) is 0.272. The highest BCUT2D eigenvalue weighted by Gasteiger charge is 2.19. The lowest BCUT2D eigenvalue weighted by molar-refractivity contribution is -0.134. The Morgan fingerprint density at radius 2 is 1.94 bits per heavy atom. The number of benzene rings is 2. The van der Waals surface area contributed by atoms with Gasteiger partial charge >= 0.3 is 5.97 Å². The van der Waals surface area contributed by atoms with Gasteiger partial charge in [0.15, 0.2) is 11.5 Å². The summed E-state index contributed by atoms with van der Waals surface area (Å²) in [6, 6.07) is 13.3. The summed E-state index contributed by atoms with van der Waals surface area (Å²) in [5.74, 6) is 0.483. The van der Waals surface area contributed by atoms with Crippen LogP contribution in [0.4, 0.5) is 17.2 Å². The van der Waals surface area contributed by atoms with Crippen molar-refractivity contribution in [3.63, 3.8) is 0 Å². The molecule has 0 bridgehead atoms. The number of carboxylic acid groups (broad SMARTS) is 1. The molecule has 182 valence electrons. The molecular weight excluding hydrogens is 450 g/mol. The molecular formula is C24H27N7O4. The number of hydrazine groups is 2. The normalized spacial score (nSPS) is 14.7. The number of H-pyrrole nitrogens is 1. The number of fused-ring (bicyclic) bond motifs is 1. The van der Waals surface area contributed by atoms with Crippen LogP contribution >= 0.6 is 0 Å². The van der Waals surface area contributed by atoms with E-state index in [0.29, 0.717) is 40.9 Å². The third-order valence-electron chi connectivity index (χ3n) is 6.03. The summed E-state index contributed by atoms with van der Waals surface area (Å²) in [4.78, 5) is 33.2. The number of hydrogen-bond donors (Lipinski definition) is 6. The minimum absolute atomic E-state index is 0.164. The third kappa shape index (κ3) is 5.20. The summed E-state index contributed by atoms with van der Waals surface area (Å²) >= 11 is 0. The lowest BCUT2D eigenvalue weighted by Gasteiger charge is -2.17. The van der Waals surface area contributed by atoms with Crippen LogP contribution in [-0.4, -0.2) is 58.7 Å². The Labute approximate surface area is 201 Å². The van der Waals surface area contributed by atoms with Crippen molar-refractivity contribution in [2.24, 2.45) is 0 Å². The van der Waals surface area contributed by atoms with Gasteiger partial charge in [0.2, 0.25) is 0 Å². The van der Waals surface area contributed by atoms with E-state index < -0.39 is 5.97 Å². The van der Waals surface area contributed by atoms with Gasteiger partial charge in [-0.1, -0.05) is 18.2 Å². The SMILES string of the molecule is O=C(O)CNc1cccc(-c2ccc(-c3nc4c(c(=O)[nH]3)NNN4)c(OCCN3CCCC3)c2)c1. The average Bonchev–Trinajstić information content (AvgIpc) is 3.55. The van der Waals surface area contributed by atoms with Crippen LogP contribution < -0.4 is 32.0 Å². The van der Waals surface area contributed by atoms with Gasteiger partial charge in [-0.15, -0.1) is 5.53 Å². The maximum Gasteiger partial charge on any atom is 0.322 e. The molecule has 1 fully saturated rings. The zero-order valence-corrected chi connectivity index (χ0v) is 19.1. The number of aliphatic carboxylic acids is 1. The first-order valence-electron chi connectivity index (χ1n) is 11.5. The van der Waals surface area contributed by atoms with Crippen molar-refractivity contribution in [2.45, 2.75) is 12.8 Å². The van der Waals surface area contributed by atoms with E-state index in [1.165, 1.54) is 12.8 Å². The second kappa shape index (κ2) is 10.0. The Kier molecular flexibility index (Phi) is 6.51. The van der Waals surface area contributed by atoms with Crippen LogP contribution in [0.1, 0.15) is 12.8 Å². The zero-order chi connectivity index (χ0) is 24.2. The predicted molar refractivity (Wildman–Crippen MR) is 133 cm³/mol. The van der Waals surface area contributed by atoms with Gasteiger partial charge in [0.05, 0.1) is 5.56 Å². The smallest absolute Gasteiger partial charge is 0.322 e. The lowest BCUT2D eigenvalue weighted by Crippen LogP contribution is -2.25. The Hall–Kier alpha value is -4.09. The summed E-state index contributed by atoms with van der Waals surface area (Å²) < 4.78 is 6.24. The minimum Gasteiger partial charge on any atom is -0.491 e. The number of hydrogen-bond acceptors (Lipinski definition) is 9. The number of aromatic nitrogens is 2. The predicted octanol–water partition coefficient (Wildman–Crippen LogP) is 2.33. The molecule has 11 heteroatoms. The van der Waals surface area contributed by atoms with E-state index in [2.05, 4.69) is 36.6 Å². The van der Waals surface area contributed by atoms with Gasteiger partial charge in [0.25, 0.3) is 5.56 Å². The summed E-state index contributed by atoms with van der Waals surface area (Å²) in [5, 5.41) is 11.8. The first-order valence-corrected chi connectivity index (χ1v) is 11.5. The summed E-state index contributed by atoms with van der Waals surface area (Å²) in [5.41, 5.74) is 11.4.